The normalized spacial score (nSPS) is 26.4. The number of carbonyl (C=O) groups is 2. The van der Waals surface area contributed by atoms with E-state index < -0.39 is 23.8 Å². The standard InChI is InChI=1S/C20H18O4/c1-2-24-20(23)18-16-13-9-5-3-7-11(13)15(17(18)19(21)22)12-8-4-6-10-14(12)16/h3-10,15-18H,2H2,1H3,(H,21,22)/t15?,16?,17-,18-/m0/s1. The summed E-state index contributed by atoms with van der Waals surface area (Å²) >= 11 is 0. The Morgan fingerprint density at radius 2 is 1.29 bits per heavy atom. The SMILES string of the molecule is CCOC(=O)[C@H]1C2c3ccccc3C(c3ccccc32)[C@@H]1C(=O)O. The molecule has 0 radical (unpaired) electrons. The summed E-state index contributed by atoms with van der Waals surface area (Å²) in [5.41, 5.74) is 4.15. The molecule has 122 valence electrons. The van der Waals surface area contributed by atoms with E-state index in [1.807, 2.05) is 48.5 Å². The zero-order chi connectivity index (χ0) is 16.8. The predicted octanol–water partition coefficient (Wildman–Crippen LogP) is 3.16. The fraction of sp³-hybridized carbons (Fsp3) is 0.300. The summed E-state index contributed by atoms with van der Waals surface area (Å²) in [5.74, 6) is -3.40. The lowest BCUT2D eigenvalue weighted by molar-refractivity contribution is -0.160. The molecule has 0 saturated carbocycles. The molecule has 4 nitrogen and oxygen atoms in total. The lowest BCUT2D eigenvalue weighted by Crippen LogP contribution is -2.47. The molecule has 2 bridgehead atoms. The van der Waals surface area contributed by atoms with Crippen LogP contribution >= 0.6 is 0 Å². The Labute approximate surface area is 140 Å². The zero-order valence-corrected chi connectivity index (χ0v) is 13.3. The molecule has 0 saturated heterocycles. The van der Waals surface area contributed by atoms with Crippen molar-refractivity contribution in [2.24, 2.45) is 11.8 Å². The van der Waals surface area contributed by atoms with E-state index in [1.54, 1.807) is 6.92 Å². The molecule has 2 aromatic carbocycles. The van der Waals surface area contributed by atoms with Crippen LogP contribution in [0.5, 0.6) is 0 Å². The largest absolute Gasteiger partial charge is 0.481 e. The van der Waals surface area contributed by atoms with Gasteiger partial charge in [-0.25, -0.2) is 0 Å². The summed E-state index contributed by atoms with van der Waals surface area (Å²) in [6.07, 6.45) is 0. The number of carboxylic acid groups (broad SMARTS) is 1. The summed E-state index contributed by atoms with van der Waals surface area (Å²) < 4.78 is 5.24. The molecule has 2 atom stereocenters. The number of ether oxygens (including phenoxy) is 1. The molecule has 24 heavy (non-hydrogen) atoms. The summed E-state index contributed by atoms with van der Waals surface area (Å²) in [6.45, 7) is 2.00. The molecule has 3 aliphatic rings. The average molecular weight is 322 g/mol. The Morgan fingerprint density at radius 1 is 0.875 bits per heavy atom. The van der Waals surface area contributed by atoms with Crippen molar-refractivity contribution >= 4 is 11.9 Å². The minimum absolute atomic E-state index is 0.252. The maximum Gasteiger partial charge on any atom is 0.310 e. The lowest BCUT2D eigenvalue weighted by atomic mass is 9.54. The van der Waals surface area contributed by atoms with Gasteiger partial charge in [0.1, 0.15) is 0 Å². The number of fused-ring (bicyclic) bond motifs is 1. The lowest BCUT2D eigenvalue weighted by Gasteiger charge is -2.47. The van der Waals surface area contributed by atoms with Crippen molar-refractivity contribution in [1.82, 2.24) is 0 Å². The van der Waals surface area contributed by atoms with Gasteiger partial charge in [0.25, 0.3) is 0 Å². The van der Waals surface area contributed by atoms with Gasteiger partial charge in [0.2, 0.25) is 0 Å². The van der Waals surface area contributed by atoms with E-state index in [1.165, 1.54) is 0 Å². The number of hydrogen-bond acceptors (Lipinski definition) is 3. The Balaban J connectivity index is 1.98. The number of rotatable bonds is 3. The van der Waals surface area contributed by atoms with Gasteiger partial charge < -0.3 is 9.84 Å². The fourth-order valence-electron chi connectivity index (χ4n) is 4.50. The molecule has 0 amide bonds. The highest BCUT2D eigenvalue weighted by Gasteiger charge is 2.55. The first-order chi connectivity index (χ1) is 11.6. The number of hydrogen-bond donors (Lipinski definition) is 1. The van der Waals surface area contributed by atoms with E-state index in [4.69, 9.17) is 4.74 Å². The third-order valence-corrected chi connectivity index (χ3v) is 5.28. The van der Waals surface area contributed by atoms with Gasteiger partial charge in [-0.05, 0) is 29.2 Å². The Morgan fingerprint density at radius 3 is 1.67 bits per heavy atom. The van der Waals surface area contributed by atoms with Crippen molar-refractivity contribution in [3.63, 3.8) is 0 Å². The molecule has 2 aromatic rings. The molecule has 0 aliphatic heterocycles. The van der Waals surface area contributed by atoms with Gasteiger partial charge in [0.15, 0.2) is 0 Å². The number of carboxylic acids is 1. The summed E-state index contributed by atoms with van der Waals surface area (Å²) in [6, 6.07) is 15.7. The third kappa shape index (κ3) is 1.92. The average Bonchev–Trinajstić information content (AvgIpc) is 2.61. The zero-order valence-electron chi connectivity index (χ0n) is 13.3. The summed E-state index contributed by atoms with van der Waals surface area (Å²) in [4.78, 5) is 24.7. The third-order valence-electron chi connectivity index (χ3n) is 5.28. The Hall–Kier alpha value is -2.62. The van der Waals surface area contributed by atoms with Crippen LogP contribution in [0.1, 0.15) is 41.0 Å². The first kappa shape index (κ1) is 14.9. The van der Waals surface area contributed by atoms with Crippen molar-refractivity contribution < 1.29 is 19.4 Å². The first-order valence-corrected chi connectivity index (χ1v) is 8.22. The molecule has 0 aromatic heterocycles. The van der Waals surface area contributed by atoms with Crippen molar-refractivity contribution in [1.29, 1.82) is 0 Å². The quantitative estimate of drug-likeness (QED) is 0.882. The van der Waals surface area contributed by atoms with E-state index in [9.17, 15) is 14.7 Å². The maximum atomic E-state index is 12.6. The molecular formula is C20H18O4. The van der Waals surface area contributed by atoms with Crippen LogP contribution in [0.2, 0.25) is 0 Å². The molecule has 0 spiro atoms. The van der Waals surface area contributed by atoms with Gasteiger partial charge in [-0.2, -0.15) is 0 Å². The van der Waals surface area contributed by atoms with Crippen molar-refractivity contribution in [3.8, 4) is 0 Å². The van der Waals surface area contributed by atoms with Gasteiger partial charge >= 0.3 is 11.9 Å². The molecule has 0 unspecified atom stereocenters. The number of benzene rings is 2. The van der Waals surface area contributed by atoms with Crippen molar-refractivity contribution in [3.05, 3.63) is 70.8 Å². The van der Waals surface area contributed by atoms with Crippen LogP contribution in [0.15, 0.2) is 48.5 Å². The van der Waals surface area contributed by atoms with Crippen LogP contribution in [0, 0.1) is 11.8 Å². The predicted molar refractivity (Wildman–Crippen MR) is 87.8 cm³/mol. The van der Waals surface area contributed by atoms with Crippen LogP contribution in [0.25, 0.3) is 0 Å². The molecule has 0 heterocycles. The molecule has 1 N–H and O–H groups in total. The number of carbonyl (C=O) groups excluding carboxylic acids is 1. The molecule has 4 heteroatoms. The minimum Gasteiger partial charge on any atom is -0.481 e. The molecular weight excluding hydrogens is 304 g/mol. The van der Waals surface area contributed by atoms with Crippen molar-refractivity contribution in [2.45, 2.75) is 18.8 Å². The second kappa shape index (κ2) is 5.48. The maximum absolute atomic E-state index is 12.6. The van der Waals surface area contributed by atoms with E-state index >= 15 is 0 Å². The molecule has 0 fully saturated rings. The van der Waals surface area contributed by atoms with Crippen LogP contribution in [-0.4, -0.2) is 23.7 Å². The Kier molecular flexibility index (Phi) is 3.41. The van der Waals surface area contributed by atoms with Gasteiger partial charge in [0, 0.05) is 11.8 Å². The minimum atomic E-state index is -0.938. The van der Waals surface area contributed by atoms with Crippen LogP contribution in [0.4, 0.5) is 0 Å². The van der Waals surface area contributed by atoms with Gasteiger partial charge in [-0.15, -0.1) is 0 Å². The topological polar surface area (TPSA) is 63.6 Å². The fourth-order valence-corrected chi connectivity index (χ4v) is 4.50. The number of aliphatic carboxylic acids is 1. The molecule has 5 rings (SSSR count). The van der Waals surface area contributed by atoms with E-state index in [0.29, 0.717) is 0 Å². The summed E-state index contributed by atoms with van der Waals surface area (Å²) in [5, 5.41) is 9.89. The second-order valence-electron chi connectivity index (χ2n) is 6.36. The monoisotopic (exact) mass is 322 g/mol. The molecule has 3 aliphatic carbocycles. The number of esters is 1. The van der Waals surface area contributed by atoms with Crippen LogP contribution in [-0.2, 0) is 14.3 Å². The van der Waals surface area contributed by atoms with Gasteiger partial charge in [-0.3, -0.25) is 9.59 Å². The van der Waals surface area contributed by atoms with E-state index in [2.05, 4.69) is 0 Å². The van der Waals surface area contributed by atoms with E-state index in [-0.39, 0.29) is 18.4 Å². The van der Waals surface area contributed by atoms with Gasteiger partial charge in [0.05, 0.1) is 18.4 Å². The highest BCUT2D eigenvalue weighted by atomic mass is 16.5. The van der Waals surface area contributed by atoms with E-state index in [0.717, 1.165) is 22.3 Å². The van der Waals surface area contributed by atoms with Crippen LogP contribution < -0.4 is 0 Å². The smallest absolute Gasteiger partial charge is 0.310 e. The first-order valence-electron chi connectivity index (χ1n) is 8.22. The summed E-state index contributed by atoms with van der Waals surface area (Å²) in [7, 11) is 0. The highest BCUT2D eigenvalue weighted by molar-refractivity contribution is 5.87. The Bertz CT molecular complexity index is 778. The second-order valence-corrected chi connectivity index (χ2v) is 6.36. The van der Waals surface area contributed by atoms with Crippen LogP contribution in [0.3, 0.4) is 0 Å². The van der Waals surface area contributed by atoms with Crippen molar-refractivity contribution in [2.75, 3.05) is 6.61 Å². The highest BCUT2D eigenvalue weighted by Crippen LogP contribution is 2.58. The van der Waals surface area contributed by atoms with Gasteiger partial charge in [-0.1, -0.05) is 48.5 Å².